The molecule has 1 aliphatic carbocycles. The maximum atomic E-state index is 14.2. The van der Waals surface area contributed by atoms with Crippen LogP contribution in [0.1, 0.15) is 105 Å². The van der Waals surface area contributed by atoms with Crippen LogP contribution in [0.4, 0.5) is 0 Å². The van der Waals surface area contributed by atoms with Gasteiger partial charge < -0.3 is 44.6 Å². The van der Waals surface area contributed by atoms with Crippen molar-refractivity contribution in [3.63, 3.8) is 0 Å². The van der Waals surface area contributed by atoms with E-state index in [2.05, 4.69) is 6.58 Å². The molecule has 2 saturated heterocycles. The quantitative estimate of drug-likeness (QED) is 0.155. The van der Waals surface area contributed by atoms with Crippen molar-refractivity contribution in [2.75, 3.05) is 13.7 Å². The molecule has 0 aromatic carbocycles. The van der Waals surface area contributed by atoms with E-state index in [1.165, 1.54) is 7.11 Å². The fourth-order valence-electron chi connectivity index (χ4n) is 8.99. The van der Waals surface area contributed by atoms with Gasteiger partial charge in [-0.05, 0) is 95.5 Å². The number of cyclic esters (lactones) is 1. The lowest BCUT2D eigenvalue weighted by Gasteiger charge is -2.46. The topological polar surface area (TPSA) is 200 Å². The number of allylic oxidation sites excluding steroid dienone is 4. The highest BCUT2D eigenvalue weighted by atomic mass is 16.7. The number of ether oxygens (including phenoxy) is 3. The Morgan fingerprint density at radius 1 is 0.964 bits per heavy atom. The van der Waals surface area contributed by atoms with Gasteiger partial charge in [-0.25, -0.2) is 4.79 Å². The van der Waals surface area contributed by atoms with E-state index in [0.717, 1.165) is 10.5 Å². The van der Waals surface area contributed by atoms with Gasteiger partial charge in [-0.15, -0.1) is 6.58 Å². The number of hydrogen-bond acceptors (Lipinski definition) is 12. The first-order valence-electron chi connectivity index (χ1n) is 20.1. The number of carbonyl (C=O) groups excluding carboxylic acids is 4. The summed E-state index contributed by atoms with van der Waals surface area (Å²) in [6, 6.07) is -1.19. The molecule has 0 spiro atoms. The zero-order chi connectivity index (χ0) is 40.8. The molecule has 3 heterocycles. The predicted octanol–water partition coefficient (Wildman–Crippen LogP) is 3.33. The van der Waals surface area contributed by atoms with Gasteiger partial charge in [0.1, 0.15) is 24.0 Å². The van der Waals surface area contributed by atoms with Gasteiger partial charge in [-0.3, -0.25) is 14.4 Å². The molecule has 0 unspecified atom stereocenters. The van der Waals surface area contributed by atoms with Gasteiger partial charge in [0, 0.05) is 37.8 Å². The molecule has 5 N–H and O–H groups in total. The minimum atomic E-state index is -2.60. The van der Waals surface area contributed by atoms with Gasteiger partial charge in [0.2, 0.25) is 5.79 Å². The molecule has 14 atom stereocenters. The normalized spacial score (nSPS) is 42.0. The van der Waals surface area contributed by atoms with Crippen molar-refractivity contribution in [1.82, 2.24) is 4.90 Å². The third kappa shape index (κ3) is 10.8. The number of aliphatic hydroxyl groups excluding tert-OH is 4. The van der Waals surface area contributed by atoms with Gasteiger partial charge in [0.25, 0.3) is 11.7 Å². The number of amides is 1. The Morgan fingerprint density at radius 2 is 1.67 bits per heavy atom. The van der Waals surface area contributed by atoms with E-state index < -0.39 is 90.0 Å². The Hall–Kier alpha value is -2.78. The van der Waals surface area contributed by atoms with Gasteiger partial charge in [0.05, 0.1) is 30.5 Å². The number of hydrogen-bond donors (Lipinski definition) is 5. The zero-order valence-electron chi connectivity index (χ0n) is 33.5. The molecule has 4 aliphatic rings. The van der Waals surface area contributed by atoms with E-state index in [0.29, 0.717) is 50.5 Å². The van der Waals surface area contributed by atoms with Crippen LogP contribution in [0.5, 0.6) is 0 Å². The summed E-state index contributed by atoms with van der Waals surface area (Å²) in [5.74, 6) is -8.51. The Balaban J connectivity index is 1.76. The summed E-state index contributed by atoms with van der Waals surface area (Å²) in [6.45, 7) is 12.7. The number of nitrogens with zero attached hydrogens (tertiary/aromatic N) is 1. The lowest BCUT2D eigenvalue weighted by Crippen LogP contribution is -2.64. The van der Waals surface area contributed by atoms with Crippen LogP contribution >= 0.6 is 0 Å². The van der Waals surface area contributed by atoms with Crippen molar-refractivity contribution in [2.45, 2.75) is 160 Å². The third-order valence-corrected chi connectivity index (χ3v) is 12.3. The van der Waals surface area contributed by atoms with Crippen LogP contribution in [0, 0.1) is 29.6 Å². The molecule has 1 amide bonds. The highest BCUT2D eigenvalue weighted by molar-refractivity contribution is 6.39. The van der Waals surface area contributed by atoms with Crippen LogP contribution in [0.25, 0.3) is 0 Å². The first-order valence-corrected chi connectivity index (χ1v) is 20.1. The summed E-state index contributed by atoms with van der Waals surface area (Å²) >= 11 is 0. The molecular formula is C42H65NO12. The molecular weight excluding hydrogens is 710 g/mol. The number of ketones is 2. The predicted molar refractivity (Wildman–Crippen MR) is 203 cm³/mol. The number of Topliss-reactive ketones (excluding diaryl/α,β-unsaturated/α-hetero) is 2. The lowest BCUT2D eigenvalue weighted by molar-refractivity contribution is -0.301. The number of fused-ring (bicyclic) bond motifs is 3. The highest BCUT2D eigenvalue weighted by Crippen LogP contribution is 2.38. The van der Waals surface area contributed by atoms with Gasteiger partial charge in [-0.2, -0.15) is 0 Å². The summed E-state index contributed by atoms with van der Waals surface area (Å²) in [6.07, 6.45) is 1.77. The highest BCUT2D eigenvalue weighted by Gasteiger charge is 2.56. The van der Waals surface area contributed by atoms with Crippen molar-refractivity contribution < 1.29 is 58.9 Å². The number of methoxy groups -OCH3 is 1. The van der Waals surface area contributed by atoms with Crippen molar-refractivity contribution >= 4 is 23.4 Å². The third-order valence-electron chi connectivity index (χ3n) is 12.3. The second-order valence-corrected chi connectivity index (χ2v) is 16.9. The van der Waals surface area contributed by atoms with Crippen molar-refractivity contribution in [1.29, 1.82) is 0 Å². The van der Waals surface area contributed by atoms with Crippen LogP contribution in [0.15, 0.2) is 36.0 Å². The standard InChI is InChI=1S/C42H65NO12/c1-8-11-29-17-23(2)16-24(3)18-35(48)38-36(53-7)20-26(5)42(52,55-38)39(49)40(50)43-15-10-9-12-30(43)41(51)54-37(27(6)32(45)22-33(29)46)25(4)19-28-13-14-31(44)34(47)21-28/h8,17,19,24,26-32,34-38,44-45,47-48,52H,1,9-16,18,20-22H2,2-7H3/b23-17+,25-19+/t24-,26+,27+,28-,29+,30-,31+,32-,34+,35-,36-,37+,38+,42+/m0/s1. The Bertz CT molecular complexity index is 1440. The van der Waals surface area contributed by atoms with Crippen molar-refractivity contribution in [3.05, 3.63) is 36.0 Å². The monoisotopic (exact) mass is 775 g/mol. The summed E-state index contributed by atoms with van der Waals surface area (Å²) in [7, 11) is 1.45. The van der Waals surface area contributed by atoms with Crippen LogP contribution in [-0.2, 0) is 33.4 Å². The van der Waals surface area contributed by atoms with E-state index in [-0.39, 0.29) is 49.8 Å². The minimum absolute atomic E-state index is 0.0462. The molecule has 3 aliphatic heterocycles. The smallest absolute Gasteiger partial charge is 0.329 e. The Morgan fingerprint density at radius 3 is 2.33 bits per heavy atom. The van der Waals surface area contributed by atoms with E-state index in [1.807, 2.05) is 26.0 Å². The van der Waals surface area contributed by atoms with Gasteiger partial charge in [0.15, 0.2) is 0 Å². The average Bonchev–Trinajstić information content (AvgIpc) is 3.14. The molecule has 13 nitrogen and oxygen atoms in total. The molecule has 4 rings (SSSR count). The summed E-state index contributed by atoms with van der Waals surface area (Å²) < 4.78 is 17.8. The summed E-state index contributed by atoms with van der Waals surface area (Å²) in [4.78, 5) is 57.2. The first-order chi connectivity index (χ1) is 25.9. The largest absolute Gasteiger partial charge is 0.456 e. The number of esters is 1. The average molecular weight is 776 g/mol. The van der Waals surface area contributed by atoms with Crippen LogP contribution in [0.3, 0.4) is 0 Å². The molecule has 2 bridgehead atoms. The fourth-order valence-corrected chi connectivity index (χ4v) is 8.99. The second-order valence-electron chi connectivity index (χ2n) is 16.9. The summed E-state index contributed by atoms with van der Waals surface area (Å²) in [5, 5.41) is 55.3. The first kappa shape index (κ1) is 44.9. The SMILES string of the molecule is C=CC[C@@H]1/C=C(\C)C[C@H](C)C[C@H](O)[C@H]2O[C@@](O)(C(=O)C(=O)N3CCCC[C@H]3C(=O)O[C@H](/C(C)=C/[C@@H]3CC[C@@H](O)[C@H](O)C3)[C@H](C)[C@@H](O)CC1=O)[C@H](C)C[C@@H]2OC. The number of piperidine rings is 1. The van der Waals surface area contributed by atoms with Crippen LogP contribution in [-0.4, -0.2) is 122 Å². The zero-order valence-corrected chi connectivity index (χ0v) is 33.5. The lowest BCUT2D eigenvalue weighted by atomic mass is 9.81. The molecule has 310 valence electrons. The van der Waals surface area contributed by atoms with Gasteiger partial charge in [-0.1, -0.05) is 44.6 Å². The number of rotatable bonds is 5. The van der Waals surface area contributed by atoms with E-state index in [1.54, 1.807) is 26.8 Å². The number of carbonyl (C=O) groups is 4. The van der Waals surface area contributed by atoms with E-state index in [4.69, 9.17) is 14.2 Å². The number of aliphatic hydroxyl groups is 5. The maximum Gasteiger partial charge on any atom is 0.329 e. The Labute approximate surface area is 325 Å². The summed E-state index contributed by atoms with van der Waals surface area (Å²) in [5.41, 5.74) is 1.46. The molecule has 0 aromatic rings. The maximum absolute atomic E-state index is 14.2. The van der Waals surface area contributed by atoms with E-state index in [9.17, 15) is 44.7 Å². The molecule has 0 aromatic heterocycles. The van der Waals surface area contributed by atoms with Crippen LogP contribution < -0.4 is 0 Å². The van der Waals surface area contributed by atoms with Crippen LogP contribution in [0.2, 0.25) is 0 Å². The van der Waals surface area contributed by atoms with Gasteiger partial charge >= 0.3 is 5.97 Å². The molecule has 55 heavy (non-hydrogen) atoms. The molecule has 13 heteroatoms. The Kier molecular flexibility index (Phi) is 16.0. The van der Waals surface area contributed by atoms with E-state index >= 15 is 0 Å². The minimum Gasteiger partial charge on any atom is -0.456 e. The molecule has 1 saturated carbocycles. The molecule has 3 fully saturated rings. The second kappa shape index (κ2) is 19.6. The van der Waals surface area contributed by atoms with Crippen molar-refractivity contribution in [2.24, 2.45) is 29.6 Å². The van der Waals surface area contributed by atoms with Crippen molar-refractivity contribution in [3.8, 4) is 0 Å². The molecule has 0 radical (unpaired) electrons. The fraction of sp³-hybridized carbons (Fsp3) is 0.762.